The standard InChI is InChI=1S/C10H14ClN/c1-8-3-5-9(6-4-8)10(11)7-12-2/h3-6,10,12H,7H2,1-2H3/p+1. The molecule has 0 amide bonds. The van der Waals surface area contributed by atoms with Crippen LogP contribution in [0, 0.1) is 6.92 Å². The molecule has 1 atom stereocenters. The smallest absolute Gasteiger partial charge is 0.107 e. The highest BCUT2D eigenvalue weighted by atomic mass is 35.5. The Hall–Kier alpha value is -0.530. The van der Waals surface area contributed by atoms with Crippen molar-refractivity contribution >= 4 is 11.6 Å². The first kappa shape index (κ1) is 9.56. The molecular formula is C10H15ClN+. The molecule has 2 heteroatoms. The van der Waals surface area contributed by atoms with Gasteiger partial charge in [0.2, 0.25) is 0 Å². The molecule has 1 nitrogen and oxygen atoms in total. The summed E-state index contributed by atoms with van der Waals surface area (Å²) >= 11 is 6.13. The summed E-state index contributed by atoms with van der Waals surface area (Å²) in [7, 11) is 2.03. The van der Waals surface area contributed by atoms with E-state index in [0.29, 0.717) is 0 Å². The zero-order valence-electron chi connectivity index (χ0n) is 7.55. The predicted octanol–water partition coefficient (Wildman–Crippen LogP) is 1.47. The van der Waals surface area contributed by atoms with Crippen LogP contribution in [-0.2, 0) is 0 Å². The Morgan fingerprint density at radius 3 is 2.42 bits per heavy atom. The Kier molecular flexibility index (Phi) is 3.57. The molecule has 1 rings (SSSR count). The molecular weight excluding hydrogens is 170 g/mol. The summed E-state index contributed by atoms with van der Waals surface area (Å²) in [6.45, 7) is 3.02. The van der Waals surface area contributed by atoms with Gasteiger partial charge in [-0.25, -0.2) is 0 Å². The highest BCUT2D eigenvalue weighted by molar-refractivity contribution is 6.20. The molecule has 1 aromatic carbocycles. The van der Waals surface area contributed by atoms with E-state index in [1.807, 2.05) is 7.05 Å². The molecule has 0 spiro atoms. The molecule has 0 heterocycles. The van der Waals surface area contributed by atoms with Crippen LogP contribution in [0.3, 0.4) is 0 Å². The fourth-order valence-corrected chi connectivity index (χ4v) is 1.44. The molecule has 1 unspecified atom stereocenters. The second kappa shape index (κ2) is 4.48. The number of nitrogens with two attached hydrogens (primary N) is 1. The number of quaternary nitrogens is 1. The van der Waals surface area contributed by atoms with E-state index in [1.165, 1.54) is 11.1 Å². The van der Waals surface area contributed by atoms with Gasteiger partial charge in [0.15, 0.2) is 0 Å². The van der Waals surface area contributed by atoms with Gasteiger partial charge in [-0.15, -0.1) is 11.6 Å². The number of rotatable bonds is 3. The predicted molar refractivity (Wildman–Crippen MR) is 52.5 cm³/mol. The molecule has 1 aromatic rings. The van der Waals surface area contributed by atoms with Crippen molar-refractivity contribution in [2.45, 2.75) is 12.3 Å². The number of hydrogen-bond donors (Lipinski definition) is 1. The van der Waals surface area contributed by atoms with Gasteiger partial charge in [-0.3, -0.25) is 0 Å². The molecule has 0 bridgehead atoms. The molecule has 0 aliphatic heterocycles. The summed E-state index contributed by atoms with van der Waals surface area (Å²) in [6, 6.07) is 8.38. The van der Waals surface area contributed by atoms with Crippen molar-refractivity contribution in [1.29, 1.82) is 0 Å². The van der Waals surface area contributed by atoms with Crippen LogP contribution in [0.5, 0.6) is 0 Å². The third kappa shape index (κ3) is 2.50. The van der Waals surface area contributed by atoms with Crippen molar-refractivity contribution in [2.24, 2.45) is 0 Å². The summed E-state index contributed by atoms with van der Waals surface area (Å²) in [5.74, 6) is 0. The van der Waals surface area contributed by atoms with E-state index in [0.717, 1.165) is 6.54 Å². The number of benzene rings is 1. The molecule has 66 valence electrons. The fourth-order valence-electron chi connectivity index (χ4n) is 1.12. The second-order valence-corrected chi connectivity index (χ2v) is 3.55. The normalized spacial score (nSPS) is 12.9. The number of likely N-dealkylation sites (N-methyl/N-ethyl adjacent to an activating group) is 1. The van der Waals surface area contributed by atoms with Gasteiger partial charge in [-0.1, -0.05) is 29.8 Å². The lowest BCUT2D eigenvalue weighted by Crippen LogP contribution is -2.80. The summed E-state index contributed by atoms with van der Waals surface area (Å²) in [5.41, 5.74) is 2.49. The highest BCUT2D eigenvalue weighted by Crippen LogP contribution is 2.18. The number of halogens is 1. The zero-order chi connectivity index (χ0) is 8.97. The molecule has 0 aliphatic rings. The van der Waals surface area contributed by atoms with E-state index >= 15 is 0 Å². The maximum atomic E-state index is 6.13. The van der Waals surface area contributed by atoms with Gasteiger partial charge in [-0.05, 0) is 12.5 Å². The van der Waals surface area contributed by atoms with Crippen LogP contribution >= 0.6 is 11.6 Å². The Labute approximate surface area is 78.7 Å². The van der Waals surface area contributed by atoms with Crippen LogP contribution in [0.1, 0.15) is 16.5 Å². The highest BCUT2D eigenvalue weighted by Gasteiger charge is 2.07. The van der Waals surface area contributed by atoms with Crippen molar-refractivity contribution < 1.29 is 5.32 Å². The minimum Gasteiger partial charge on any atom is -0.347 e. The second-order valence-electron chi connectivity index (χ2n) is 3.02. The van der Waals surface area contributed by atoms with Gasteiger partial charge >= 0.3 is 0 Å². The van der Waals surface area contributed by atoms with Gasteiger partial charge in [0.05, 0.1) is 13.6 Å². The van der Waals surface area contributed by atoms with Gasteiger partial charge in [0.25, 0.3) is 0 Å². The summed E-state index contributed by atoms with van der Waals surface area (Å²) in [5, 5.41) is 2.23. The Morgan fingerprint density at radius 2 is 1.92 bits per heavy atom. The van der Waals surface area contributed by atoms with Crippen molar-refractivity contribution in [3.05, 3.63) is 35.4 Å². The van der Waals surface area contributed by atoms with E-state index in [9.17, 15) is 0 Å². The SMILES string of the molecule is C[NH2+]CC(Cl)c1ccc(C)cc1. The molecule has 0 fully saturated rings. The minimum atomic E-state index is 0.135. The van der Waals surface area contributed by atoms with Crippen molar-refractivity contribution in [1.82, 2.24) is 0 Å². The van der Waals surface area contributed by atoms with Gasteiger partial charge in [0.1, 0.15) is 5.38 Å². The molecule has 0 radical (unpaired) electrons. The van der Waals surface area contributed by atoms with E-state index in [2.05, 4.69) is 36.5 Å². The van der Waals surface area contributed by atoms with E-state index in [-0.39, 0.29) is 5.38 Å². The Balaban J connectivity index is 2.68. The quantitative estimate of drug-likeness (QED) is 0.686. The van der Waals surface area contributed by atoms with Crippen LogP contribution in [-0.4, -0.2) is 13.6 Å². The third-order valence-corrected chi connectivity index (χ3v) is 2.31. The van der Waals surface area contributed by atoms with Crippen LogP contribution < -0.4 is 5.32 Å². The van der Waals surface area contributed by atoms with Crippen molar-refractivity contribution in [2.75, 3.05) is 13.6 Å². The first-order valence-electron chi connectivity index (χ1n) is 4.22. The van der Waals surface area contributed by atoms with Crippen LogP contribution in [0.15, 0.2) is 24.3 Å². The monoisotopic (exact) mass is 184 g/mol. The van der Waals surface area contributed by atoms with E-state index in [1.54, 1.807) is 0 Å². The first-order chi connectivity index (χ1) is 5.74. The van der Waals surface area contributed by atoms with Gasteiger partial charge in [-0.2, -0.15) is 0 Å². The molecule has 0 aliphatic carbocycles. The Morgan fingerprint density at radius 1 is 1.33 bits per heavy atom. The topological polar surface area (TPSA) is 16.6 Å². The average Bonchev–Trinajstić information content (AvgIpc) is 2.06. The number of aryl methyl sites for hydroxylation is 1. The van der Waals surface area contributed by atoms with Crippen molar-refractivity contribution in [3.63, 3.8) is 0 Å². The lowest BCUT2D eigenvalue weighted by atomic mass is 10.1. The Bertz CT molecular complexity index is 230. The van der Waals surface area contributed by atoms with Crippen LogP contribution in [0.2, 0.25) is 0 Å². The van der Waals surface area contributed by atoms with E-state index in [4.69, 9.17) is 11.6 Å². The third-order valence-electron chi connectivity index (χ3n) is 1.88. The maximum Gasteiger partial charge on any atom is 0.107 e. The largest absolute Gasteiger partial charge is 0.347 e. The van der Waals surface area contributed by atoms with Crippen LogP contribution in [0.4, 0.5) is 0 Å². The van der Waals surface area contributed by atoms with Crippen molar-refractivity contribution in [3.8, 4) is 0 Å². The summed E-state index contributed by atoms with van der Waals surface area (Å²) in [4.78, 5) is 0. The van der Waals surface area contributed by atoms with Gasteiger partial charge < -0.3 is 5.32 Å². The zero-order valence-corrected chi connectivity index (χ0v) is 8.31. The summed E-state index contributed by atoms with van der Waals surface area (Å²) in [6.07, 6.45) is 0. The molecule has 0 aromatic heterocycles. The molecule has 12 heavy (non-hydrogen) atoms. The lowest BCUT2D eigenvalue weighted by molar-refractivity contribution is -0.627. The average molecular weight is 185 g/mol. The summed E-state index contributed by atoms with van der Waals surface area (Å²) < 4.78 is 0. The molecule has 0 saturated heterocycles. The maximum absolute atomic E-state index is 6.13. The lowest BCUT2D eigenvalue weighted by Gasteiger charge is -2.06. The molecule has 0 saturated carbocycles. The van der Waals surface area contributed by atoms with Gasteiger partial charge in [0, 0.05) is 0 Å². The fraction of sp³-hybridized carbons (Fsp3) is 0.400. The minimum absolute atomic E-state index is 0.135. The van der Waals surface area contributed by atoms with Crippen LogP contribution in [0.25, 0.3) is 0 Å². The first-order valence-corrected chi connectivity index (χ1v) is 4.66. The molecule has 2 N–H and O–H groups in total. The van der Waals surface area contributed by atoms with E-state index < -0.39 is 0 Å². The number of hydrogen-bond acceptors (Lipinski definition) is 0. The number of alkyl halides is 1.